The standard InChI is InChI=1S/C33H38N4O6/c1-33(2,3)43-32(42)34-20-23-10-12-24(13-11-23)30(40)35-26-14-15-27-25(18-26)21-37(17-16-22-8-6-5-7-9-22)31(41)28(36(27)4)19-29(38)39/h5-15,18,28H,16-17,19-21H2,1-4H3,(H,34,42)(H,35,40)(H,38,39)/p-1. The van der Waals surface area contributed by atoms with Gasteiger partial charge in [-0.3, -0.25) is 9.59 Å². The number of likely N-dealkylation sites (N-methyl/N-ethyl adjacent to an activating group) is 1. The summed E-state index contributed by atoms with van der Waals surface area (Å²) in [4.78, 5) is 53.3. The first kappa shape index (κ1) is 31.1. The molecule has 43 heavy (non-hydrogen) atoms. The molecule has 0 bridgehead atoms. The van der Waals surface area contributed by atoms with E-state index in [0.717, 1.165) is 16.7 Å². The summed E-state index contributed by atoms with van der Waals surface area (Å²) in [6.07, 6.45) is -0.337. The van der Waals surface area contributed by atoms with E-state index in [1.54, 1.807) is 74.0 Å². The van der Waals surface area contributed by atoms with Gasteiger partial charge in [0.15, 0.2) is 0 Å². The molecule has 1 aliphatic rings. The molecule has 1 unspecified atom stereocenters. The van der Waals surface area contributed by atoms with Gasteiger partial charge < -0.3 is 35.1 Å². The molecule has 3 amide bonds. The van der Waals surface area contributed by atoms with Crippen LogP contribution in [0.25, 0.3) is 0 Å². The van der Waals surface area contributed by atoms with Crippen LogP contribution in [0.15, 0.2) is 72.8 Å². The van der Waals surface area contributed by atoms with Crippen LogP contribution in [0, 0.1) is 0 Å². The number of amides is 3. The maximum absolute atomic E-state index is 13.5. The van der Waals surface area contributed by atoms with Gasteiger partial charge in [0.25, 0.3) is 5.91 Å². The molecule has 0 fully saturated rings. The minimum Gasteiger partial charge on any atom is -0.550 e. The number of rotatable bonds is 9. The van der Waals surface area contributed by atoms with Gasteiger partial charge in [-0.15, -0.1) is 0 Å². The van der Waals surface area contributed by atoms with Crippen molar-refractivity contribution in [2.24, 2.45) is 0 Å². The molecule has 1 heterocycles. The molecule has 226 valence electrons. The van der Waals surface area contributed by atoms with Crippen molar-refractivity contribution in [2.75, 3.05) is 23.8 Å². The molecule has 1 aliphatic heterocycles. The number of anilines is 2. The van der Waals surface area contributed by atoms with Crippen molar-refractivity contribution in [3.05, 3.63) is 95.1 Å². The summed E-state index contributed by atoms with van der Waals surface area (Å²) in [5.74, 6) is -1.90. The zero-order valence-corrected chi connectivity index (χ0v) is 24.9. The molecule has 0 aliphatic carbocycles. The lowest BCUT2D eigenvalue weighted by Gasteiger charge is -2.30. The highest BCUT2D eigenvalue weighted by molar-refractivity contribution is 6.04. The van der Waals surface area contributed by atoms with Gasteiger partial charge in [-0.05, 0) is 74.2 Å². The van der Waals surface area contributed by atoms with E-state index in [2.05, 4.69) is 10.6 Å². The van der Waals surface area contributed by atoms with Gasteiger partial charge in [-0.2, -0.15) is 0 Å². The molecule has 2 N–H and O–H groups in total. The normalized spacial score (nSPS) is 14.9. The molecule has 10 heteroatoms. The largest absolute Gasteiger partial charge is 0.550 e. The van der Waals surface area contributed by atoms with Gasteiger partial charge in [0.2, 0.25) is 5.91 Å². The molecule has 1 atom stereocenters. The van der Waals surface area contributed by atoms with E-state index in [0.29, 0.717) is 29.9 Å². The first-order valence-electron chi connectivity index (χ1n) is 14.1. The number of nitrogens with one attached hydrogen (secondary N) is 2. The second-order valence-corrected chi connectivity index (χ2v) is 11.5. The number of aliphatic carboxylic acids is 1. The molecule has 0 aromatic heterocycles. The average Bonchev–Trinajstić information content (AvgIpc) is 3.04. The molecule has 0 saturated heterocycles. The van der Waals surface area contributed by atoms with Crippen molar-refractivity contribution < 1.29 is 29.0 Å². The lowest BCUT2D eigenvalue weighted by atomic mass is 10.1. The second kappa shape index (κ2) is 13.4. The van der Waals surface area contributed by atoms with Gasteiger partial charge in [-0.25, -0.2) is 4.79 Å². The Labute approximate surface area is 251 Å². The second-order valence-electron chi connectivity index (χ2n) is 11.5. The molecule has 0 saturated carbocycles. The summed E-state index contributed by atoms with van der Waals surface area (Å²) in [6, 6.07) is 21.0. The summed E-state index contributed by atoms with van der Waals surface area (Å²) >= 11 is 0. The summed E-state index contributed by atoms with van der Waals surface area (Å²) in [5, 5.41) is 17.1. The maximum Gasteiger partial charge on any atom is 0.407 e. The third-order valence-electron chi connectivity index (χ3n) is 7.07. The highest BCUT2D eigenvalue weighted by Gasteiger charge is 2.33. The van der Waals surface area contributed by atoms with E-state index in [1.807, 2.05) is 36.4 Å². The van der Waals surface area contributed by atoms with Crippen molar-refractivity contribution in [1.82, 2.24) is 10.2 Å². The van der Waals surface area contributed by atoms with Gasteiger partial charge in [0.1, 0.15) is 11.6 Å². The van der Waals surface area contributed by atoms with Crippen molar-refractivity contribution in [2.45, 2.75) is 58.3 Å². The molecular formula is C33H37N4O6-. The lowest BCUT2D eigenvalue weighted by molar-refractivity contribution is -0.306. The summed E-state index contributed by atoms with van der Waals surface area (Å²) in [6.45, 7) is 6.30. The zero-order chi connectivity index (χ0) is 31.1. The highest BCUT2D eigenvalue weighted by atomic mass is 16.6. The third kappa shape index (κ3) is 8.57. The Balaban J connectivity index is 1.47. The van der Waals surface area contributed by atoms with Crippen LogP contribution in [0.5, 0.6) is 0 Å². The predicted octanol–water partition coefficient (Wildman–Crippen LogP) is 3.49. The Morgan fingerprint density at radius 2 is 1.67 bits per heavy atom. The number of benzene rings is 3. The van der Waals surface area contributed by atoms with Crippen LogP contribution in [0.4, 0.5) is 16.2 Å². The Morgan fingerprint density at radius 1 is 0.977 bits per heavy atom. The van der Waals surface area contributed by atoms with Crippen LogP contribution in [0.2, 0.25) is 0 Å². The van der Waals surface area contributed by atoms with Crippen LogP contribution < -0.4 is 20.6 Å². The van der Waals surface area contributed by atoms with Crippen molar-refractivity contribution in [3.63, 3.8) is 0 Å². The fourth-order valence-corrected chi connectivity index (χ4v) is 4.91. The van der Waals surface area contributed by atoms with E-state index in [-0.39, 0.29) is 24.9 Å². The number of alkyl carbamates (subject to hydrolysis) is 1. The topological polar surface area (TPSA) is 131 Å². The fraction of sp³-hybridized carbons (Fsp3) is 0.333. The number of nitrogens with zero attached hydrogens (tertiary/aromatic N) is 2. The van der Waals surface area contributed by atoms with Crippen molar-refractivity contribution >= 4 is 35.3 Å². The number of fused-ring (bicyclic) bond motifs is 1. The summed E-state index contributed by atoms with van der Waals surface area (Å²) in [5.41, 5.74) is 3.75. The number of carbonyl (C=O) groups is 4. The molecule has 0 spiro atoms. The molecule has 3 aromatic carbocycles. The Morgan fingerprint density at radius 3 is 2.33 bits per heavy atom. The number of carboxylic acid groups (broad SMARTS) is 1. The molecule has 10 nitrogen and oxygen atoms in total. The van der Waals surface area contributed by atoms with E-state index in [1.165, 1.54) is 0 Å². The van der Waals surface area contributed by atoms with Crippen LogP contribution in [-0.4, -0.2) is 54.0 Å². The number of carboxylic acids is 1. The number of carbonyl (C=O) groups excluding carboxylic acids is 4. The van der Waals surface area contributed by atoms with Gasteiger partial charge in [0.05, 0.1) is 0 Å². The minimum absolute atomic E-state index is 0.258. The maximum atomic E-state index is 13.5. The Bertz CT molecular complexity index is 1470. The Kier molecular flexibility index (Phi) is 9.70. The first-order valence-corrected chi connectivity index (χ1v) is 14.1. The monoisotopic (exact) mass is 585 g/mol. The average molecular weight is 586 g/mol. The molecular weight excluding hydrogens is 548 g/mol. The van der Waals surface area contributed by atoms with E-state index >= 15 is 0 Å². The SMILES string of the molecule is CN1c2ccc(NC(=O)c3ccc(CNC(=O)OC(C)(C)C)cc3)cc2CN(CCc2ccccc2)C(=O)C1CC(=O)[O-]. The van der Waals surface area contributed by atoms with E-state index < -0.39 is 30.1 Å². The van der Waals surface area contributed by atoms with Crippen LogP contribution in [0.1, 0.15) is 54.2 Å². The van der Waals surface area contributed by atoms with Crippen molar-refractivity contribution in [3.8, 4) is 0 Å². The van der Waals surface area contributed by atoms with Gasteiger partial charge in [-0.1, -0.05) is 42.5 Å². The molecule has 0 radical (unpaired) electrons. The first-order chi connectivity index (χ1) is 20.4. The smallest absolute Gasteiger partial charge is 0.407 e. The molecule has 4 rings (SSSR count). The predicted molar refractivity (Wildman–Crippen MR) is 161 cm³/mol. The number of hydrogen-bond acceptors (Lipinski definition) is 7. The fourth-order valence-electron chi connectivity index (χ4n) is 4.91. The third-order valence-corrected chi connectivity index (χ3v) is 7.07. The highest BCUT2D eigenvalue weighted by Crippen LogP contribution is 2.31. The number of hydrogen-bond donors (Lipinski definition) is 2. The molecule has 3 aromatic rings. The van der Waals surface area contributed by atoms with E-state index in [9.17, 15) is 24.3 Å². The summed E-state index contributed by atoms with van der Waals surface area (Å²) in [7, 11) is 1.70. The van der Waals surface area contributed by atoms with Gasteiger partial charge in [0, 0.05) is 56.0 Å². The van der Waals surface area contributed by atoms with Crippen molar-refractivity contribution in [1.29, 1.82) is 0 Å². The lowest BCUT2D eigenvalue weighted by Crippen LogP contribution is -2.48. The van der Waals surface area contributed by atoms with E-state index in [4.69, 9.17) is 4.74 Å². The minimum atomic E-state index is -1.30. The zero-order valence-electron chi connectivity index (χ0n) is 24.9. The van der Waals surface area contributed by atoms with Crippen LogP contribution >= 0.6 is 0 Å². The number of ether oxygens (including phenoxy) is 1. The summed E-state index contributed by atoms with van der Waals surface area (Å²) < 4.78 is 5.24. The quantitative estimate of drug-likeness (QED) is 0.393. The Hall–Kier alpha value is -4.86. The van der Waals surface area contributed by atoms with Crippen LogP contribution in [0.3, 0.4) is 0 Å². The van der Waals surface area contributed by atoms with Crippen LogP contribution in [-0.2, 0) is 33.8 Å². The van der Waals surface area contributed by atoms with Gasteiger partial charge >= 0.3 is 6.09 Å².